The highest BCUT2D eigenvalue weighted by atomic mass is 16.4. The largest absolute Gasteiger partial charge is 0.480 e. The van der Waals surface area contributed by atoms with Gasteiger partial charge in [-0.2, -0.15) is 0 Å². The summed E-state index contributed by atoms with van der Waals surface area (Å²) < 4.78 is 0. The van der Waals surface area contributed by atoms with Gasteiger partial charge in [0.05, 0.1) is 6.67 Å². The van der Waals surface area contributed by atoms with Crippen molar-refractivity contribution in [2.45, 2.75) is 25.3 Å². The molecule has 13 heavy (non-hydrogen) atoms. The van der Waals surface area contributed by atoms with Gasteiger partial charge in [-0.25, -0.2) is 5.01 Å². The lowest BCUT2D eigenvalue weighted by molar-refractivity contribution is -0.143. The fraction of sp³-hybridized carbons (Fsp3) is 0.857. The van der Waals surface area contributed by atoms with Gasteiger partial charge in [-0.1, -0.05) is 0 Å². The quantitative estimate of drug-likeness (QED) is 0.171. The van der Waals surface area contributed by atoms with Crippen molar-refractivity contribution in [3.05, 3.63) is 0 Å². The fourth-order valence-corrected chi connectivity index (χ4v) is 1.04. The maximum atomic E-state index is 10.7. The maximum absolute atomic E-state index is 10.7. The number of aliphatic carboxylic acids is 1. The lowest BCUT2D eigenvalue weighted by Gasteiger charge is -2.21. The number of unbranched alkanes of at least 4 members (excludes halogenated alkanes) is 1. The predicted molar refractivity (Wildman–Crippen MR) is 49.4 cm³/mol. The summed E-state index contributed by atoms with van der Waals surface area (Å²) in [5, 5.41) is 9.89. The Morgan fingerprint density at radius 2 is 2.00 bits per heavy atom. The predicted octanol–water partition coefficient (Wildman–Crippen LogP) is -1.34. The molecule has 0 radical (unpaired) electrons. The average Bonchev–Trinajstić information content (AvgIpc) is 2.11. The number of nitrogens with two attached hydrogens (primary N) is 3. The maximum Gasteiger partial charge on any atom is 0.322 e. The zero-order valence-corrected chi connectivity index (χ0v) is 7.65. The molecule has 0 saturated heterocycles. The highest BCUT2D eigenvalue weighted by Crippen LogP contribution is 2.04. The monoisotopic (exact) mass is 190 g/mol. The third-order valence-corrected chi connectivity index (χ3v) is 1.83. The van der Waals surface area contributed by atoms with Crippen LogP contribution in [-0.4, -0.2) is 35.3 Å². The molecular weight excluding hydrogens is 172 g/mol. The van der Waals surface area contributed by atoms with Crippen LogP contribution in [-0.2, 0) is 4.79 Å². The number of carboxylic acid groups (broad SMARTS) is 1. The van der Waals surface area contributed by atoms with Crippen LogP contribution in [0, 0.1) is 0 Å². The number of carboxylic acids is 1. The summed E-state index contributed by atoms with van der Waals surface area (Å²) in [6.07, 6.45) is 2.05. The second-order valence-corrected chi connectivity index (χ2v) is 2.84. The van der Waals surface area contributed by atoms with E-state index in [1.807, 2.05) is 0 Å². The molecule has 0 aromatic carbocycles. The molecule has 6 nitrogen and oxygen atoms in total. The van der Waals surface area contributed by atoms with E-state index in [9.17, 15) is 4.79 Å². The van der Waals surface area contributed by atoms with E-state index in [0.717, 1.165) is 17.9 Å². The summed E-state index contributed by atoms with van der Waals surface area (Å²) >= 11 is 0. The Labute approximate surface area is 77.6 Å². The first-order valence-electron chi connectivity index (χ1n) is 4.27. The van der Waals surface area contributed by atoms with Crippen LogP contribution in [0.15, 0.2) is 0 Å². The molecule has 0 fully saturated rings. The smallest absolute Gasteiger partial charge is 0.322 e. The summed E-state index contributed by atoms with van der Waals surface area (Å²) in [4.78, 5) is 10.7. The van der Waals surface area contributed by atoms with Crippen molar-refractivity contribution in [2.75, 3.05) is 13.2 Å². The van der Waals surface area contributed by atoms with E-state index in [0.29, 0.717) is 13.0 Å². The molecule has 0 aliphatic carbocycles. The molecule has 0 aromatic rings. The topological polar surface area (TPSA) is 119 Å². The van der Waals surface area contributed by atoms with Crippen LogP contribution in [0.2, 0.25) is 0 Å². The molecule has 6 heteroatoms. The zero-order valence-electron chi connectivity index (χ0n) is 7.65. The van der Waals surface area contributed by atoms with Crippen molar-refractivity contribution < 1.29 is 9.90 Å². The van der Waals surface area contributed by atoms with Crippen molar-refractivity contribution in [2.24, 2.45) is 17.3 Å². The fourth-order valence-electron chi connectivity index (χ4n) is 1.04. The molecule has 0 spiro atoms. The minimum absolute atomic E-state index is 0.0413. The van der Waals surface area contributed by atoms with Gasteiger partial charge in [0.2, 0.25) is 0 Å². The molecule has 0 rings (SSSR count). The van der Waals surface area contributed by atoms with Crippen molar-refractivity contribution in [1.29, 1.82) is 0 Å². The molecule has 0 aliphatic heterocycles. The molecular formula is C7H18N4O2. The summed E-state index contributed by atoms with van der Waals surface area (Å²) in [6.45, 7) is 0.610. The van der Waals surface area contributed by atoms with E-state index in [1.165, 1.54) is 0 Å². The van der Waals surface area contributed by atoms with E-state index in [4.69, 9.17) is 22.4 Å². The summed E-state index contributed by atoms with van der Waals surface area (Å²) in [6, 6.07) is -0.698. The lowest BCUT2D eigenvalue weighted by Crippen LogP contribution is -2.48. The minimum atomic E-state index is -0.940. The second kappa shape index (κ2) is 6.79. The van der Waals surface area contributed by atoms with E-state index in [-0.39, 0.29) is 6.67 Å². The van der Waals surface area contributed by atoms with E-state index in [2.05, 4.69) is 0 Å². The summed E-state index contributed by atoms with van der Waals surface area (Å²) in [7, 11) is 0. The Morgan fingerprint density at radius 3 is 2.38 bits per heavy atom. The van der Waals surface area contributed by atoms with Crippen LogP contribution in [0.25, 0.3) is 0 Å². The Morgan fingerprint density at radius 1 is 1.38 bits per heavy atom. The van der Waals surface area contributed by atoms with Crippen LogP contribution in [0.4, 0.5) is 0 Å². The molecule has 0 aliphatic rings. The van der Waals surface area contributed by atoms with Crippen molar-refractivity contribution in [1.82, 2.24) is 5.01 Å². The molecule has 0 amide bonds. The number of carbonyl (C=O) groups is 1. The highest BCUT2D eigenvalue weighted by Gasteiger charge is 2.21. The lowest BCUT2D eigenvalue weighted by atomic mass is 10.1. The van der Waals surface area contributed by atoms with Crippen LogP contribution in [0.5, 0.6) is 0 Å². The SMILES string of the molecule is NCCCC[C@@H](C(=O)O)N(N)CN. The summed E-state index contributed by atoms with van der Waals surface area (Å²) in [5.74, 6) is 4.46. The Bertz CT molecular complexity index is 153. The Kier molecular flexibility index (Phi) is 6.43. The number of nitrogens with zero attached hydrogens (tertiary/aromatic N) is 1. The Balaban J connectivity index is 3.88. The van der Waals surface area contributed by atoms with Gasteiger partial charge in [0.25, 0.3) is 0 Å². The first-order valence-corrected chi connectivity index (χ1v) is 4.27. The molecule has 0 unspecified atom stereocenters. The van der Waals surface area contributed by atoms with Crippen LogP contribution in [0.1, 0.15) is 19.3 Å². The van der Waals surface area contributed by atoms with Crippen molar-refractivity contribution >= 4 is 5.97 Å². The van der Waals surface area contributed by atoms with Gasteiger partial charge in [0, 0.05) is 0 Å². The third kappa shape index (κ3) is 4.79. The van der Waals surface area contributed by atoms with E-state index < -0.39 is 12.0 Å². The first kappa shape index (κ1) is 12.3. The first-order chi connectivity index (χ1) is 6.13. The Hall–Kier alpha value is -0.690. The number of hydrazine groups is 1. The van der Waals surface area contributed by atoms with Crippen LogP contribution >= 0.6 is 0 Å². The van der Waals surface area contributed by atoms with Gasteiger partial charge < -0.3 is 16.6 Å². The number of hydrogen-bond donors (Lipinski definition) is 4. The van der Waals surface area contributed by atoms with Crippen molar-refractivity contribution in [3.8, 4) is 0 Å². The molecule has 1 atom stereocenters. The van der Waals surface area contributed by atoms with Gasteiger partial charge >= 0.3 is 5.97 Å². The second-order valence-electron chi connectivity index (χ2n) is 2.84. The van der Waals surface area contributed by atoms with Gasteiger partial charge in [-0.3, -0.25) is 10.6 Å². The van der Waals surface area contributed by atoms with Gasteiger partial charge in [-0.15, -0.1) is 0 Å². The van der Waals surface area contributed by atoms with Gasteiger partial charge in [0.15, 0.2) is 0 Å². The summed E-state index contributed by atoms with van der Waals surface area (Å²) in [5.41, 5.74) is 10.5. The molecule has 0 bridgehead atoms. The van der Waals surface area contributed by atoms with E-state index in [1.54, 1.807) is 0 Å². The third-order valence-electron chi connectivity index (χ3n) is 1.83. The van der Waals surface area contributed by atoms with E-state index >= 15 is 0 Å². The van der Waals surface area contributed by atoms with Crippen LogP contribution < -0.4 is 17.3 Å². The molecule has 78 valence electrons. The minimum Gasteiger partial charge on any atom is -0.480 e. The zero-order chi connectivity index (χ0) is 10.3. The van der Waals surface area contributed by atoms with Crippen molar-refractivity contribution in [3.63, 3.8) is 0 Å². The highest BCUT2D eigenvalue weighted by molar-refractivity contribution is 5.73. The average molecular weight is 190 g/mol. The number of rotatable bonds is 7. The number of hydrogen-bond acceptors (Lipinski definition) is 5. The van der Waals surface area contributed by atoms with Gasteiger partial charge in [0.1, 0.15) is 6.04 Å². The standard InChI is InChI=1S/C7H18N4O2/c8-4-2-1-3-6(7(12)13)11(10)5-9/h6H,1-5,8-10H2,(H,12,13)/t6-/m0/s1. The molecule has 0 aromatic heterocycles. The van der Waals surface area contributed by atoms with Gasteiger partial charge in [-0.05, 0) is 25.8 Å². The normalized spacial score (nSPS) is 13.2. The van der Waals surface area contributed by atoms with Crippen LogP contribution in [0.3, 0.4) is 0 Å². The molecule has 7 N–H and O–H groups in total. The molecule has 0 heterocycles. The molecule has 0 saturated carbocycles.